The molecule has 0 unspecified atom stereocenters. The number of hydrogen-bond acceptors (Lipinski definition) is 3. The van der Waals surface area contributed by atoms with Crippen LogP contribution >= 0.6 is 11.8 Å². The molecule has 0 aliphatic heterocycles. The molecule has 0 aliphatic rings. The van der Waals surface area contributed by atoms with Crippen molar-refractivity contribution in [1.82, 2.24) is 4.98 Å². The predicted octanol–water partition coefficient (Wildman–Crippen LogP) is 3.57. The summed E-state index contributed by atoms with van der Waals surface area (Å²) in [5.41, 5.74) is 0.128. The molecule has 4 heteroatoms. The third kappa shape index (κ3) is 2.71. The van der Waals surface area contributed by atoms with Crippen LogP contribution in [0.1, 0.15) is 17.3 Å². The van der Waals surface area contributed by atoms with E-state index in [4.69, 9.17) is 0 Å². The van der Waals surface area contributed by atoms with Crippen molar-refractivity contribution in [3.63, 3.8) is 0 Å². The lowest BCUT2D eigenvalue weighted by atomic mass is 10.1. The summed E-state index contributed by atoms with van der Waals surface area (Å²) >= 11 is 1.28. The van der Waals surface area contributed by atoms with Crippen molar-refractivity contribution >= 4 is 17.5 Å². The summed E-state index contributed by atoms with van der Waals surface area (Å²) < 4.78 is 13.5. The minimum atomic E-state index is -0.488. The van der Waals surface area contributed by atoms with E-state index < -0.39 is 5.82 Å². The SMILES string of the molecule is CC(=O)c1c(F)cccc1Sc1ccccn1. The number of nitrogens with zero attached hydrogens (tertiary/aromatic N) is 1. The topological polar surface area (TPSA) is 30.0 Å². The molecule has 2 nitrogen and oxygen atoms in total. The highest BCUT2D eigenvalue weighted by atomic mass is 32.2. The Labute approximate surface area is 103 Å². The fraction of sp³-hybridized carbons (Fsp3) is 0.0769. The normalized spacial score (nSPS) is 10.2. The largest absolute Gasteiger partial charge is 0.294 e. The molecule has 0 bridgehead atoms. The van der Waals surface area contributed by atoms with Gasteiger partial charge in [-0.2, -0.15) is 0 Å². The van der Waals surface area contributed by atoms with Gasteiger partial charge in [-0.25, -0.2) is 9.37 Å². The standard InChI is InChI=1S/C13H10FNOS/c1-9(16)13-10(14)5-4-6-11(13)17-12-7-2-3-8-15-12/h2-8H,1H3. The zero-order chi connectivity index (χ0) is 12.3. The van der Waals surface area contributed by atoms with Crippen LogP contribution in [-0.2, 0) is 0 Å². The molecule has 0 amide bonds. The zero-order valence-electron chi connectivity index (χ0n) is 9.18. The molecule has 0 aliphatic carbocycles. The highest BCUT2D eigenvalue weighted by Gasteiger charge is 2.13. The molecule has 0 saturated carbocycles. The van der Waals surface area contributed by atoms with E-state index in [-0.39, 0.29) is 11.3 Å². The first-order chi connectivity index (χ1) is 8.18. The van der Waals surface area contributed by atoms with Crippen molar-refractivity contribution in [2.45, 2.75) is 16.8 Å². The molecule has 86 valence electrons. The Morgan fingerprint density at radius 1 is 1.24 bits per heavy atom. The molecule has 2 rings (SSSR count). The van der Waals surface area contributed by atoms with Gasteiger partial charge in [0.05, 0.1) is 5.56 Å². The molecular weight excluding hydrogens is 237 g/mol. The van der Waals surface area contributed by atoms with Crippen LogP contribution in [0.15, 0.2) is 52.5 Å². The number of pyridine rings is 1. The first-order valence-electron chi connectivity index (χ1n) is 5.07. The Balaban J connectivity index is 2.40. The van der Waals surface area contributed by atoms with Crippen LogP contribution < -0.4 is 0 Å². The second kappa shape index (κ2) is 5.10. The summed E-state index contributed by atoms with van der Waals surface area (Å²) in [6.07, 6.45) is 1.66. The average Bonchev–Trinajstić information content (AvgIpc) is 2.30. The molecule has 1 heterocycles. The molecular formula is C13H10FNOS. The summed E-state index contributed by atoms with van der Waals surface area (Å²) in [4.78, 5) is 16.1. The van der Waals surface area contributed by atoms with E-state index in [1.807, 2.05) is 18.2 Å². The number of hydrogen-bond donors (Lipinski definition) is 0. The van der Waals surface area contributed by atoms with Gasteiger partial charge in [0.1, 0.15) is 10.8 Å². The fourth-order valence-corrected chi connectivity index (χ4v) is 2.43. The van der Waals surface area contributed by atoms with Crippen LogP contribution in [0.2, 0.25) is 0 Å². The van der Waals surface area contributed by atoms with Crippen LogP contribution in [0.3, 0.4) is 0 Å². The van der Waals surface area contributed by atoms with Gasteiger partial charge in [-0.1, -0.05) is 23.9 Å². The monoisotopic (exact) mass is 247 g/mol. The van der Waals surface area contributed by atoms with Crippen molar-refractivity contribution < 1.29 is 9.18 Å². The van der Waals surface area contributed by atoms with Gasteiger partial charge in [0.15, 0.2) is 5.78 Å². The number of halogens is 1. The van der Waals surface area contributed by atoms with Crippen LogP contribution in [0, 0.1) is 5.82 Å². The van der Waals surface area contributed by atoms with Crippen LogP contribution in [0.4, 0.5) is 4.39 Å². The van der Waals surface area contributed by atoms with Gasteiger partial charge in [0.25, 0.3) is 0 Å². The fourth-order valence-electron chi connectivity index (χ4n) is 1.45. The minimum absolute atomic E-state index is 0.128. The maximum Gasteiger partial charge on any atom is 0.163 e. The smallest absolute Gasteiger partial charge is 0.163 e. The van der Waals surface area contributed by atoms with Gasteiger partial charge in [-0.3, -0.25) is 4.79 Å². The highest BCUT2D eigenvalue weighted by Crippen LogP contribution is 2.30. The molecule has 0 saturated heterocycles. The lowest BCUT2D eigenvalue weighted by Crippen LogP contribution is -1.99. The maximum atomic E-state index is 13.5. The van der Waals surface area contributed by atoms with Crippen molar-refractivity contribution in [3.05, 3.63) is 54.0 Å². The van der Waals surface area contributed by atoms with Gasteiger partial charge in [0, 0.05) is 11.1 Å². The average molecular weight is 247 g/mol. The number of Topliss-reactive ketones (excluding diaryl/α,β-unsaturated/α-hetero) is 1. The highest BCUT2D eigenvalue weighted by molar-refractivity contribution is 7.99. The van der Waals surface area contributed by atoms with Crippen LogP contribution in [0.5, 0.6) is 0 Å². The van der Waals surface area contributed by atoms with Crippen molar-refractivity contribution in [3.8, 4) is 0 Å². The van der Waals surface area contributed by atoms with Crippen LogP contribution in [-0.4, -0.2) is 10.8 Å². The quantitative estimate of drug-likeness (QED) is 0.776. The van der Waals surface area contributed by atoms with E-state index in [0.29, 0.717) is 4.90 Å². The summed E-state index contributed by atoms with van der Waals surface area (Å²) in [5.74, 6) is -0.764. The lowest BCUT2D eigenvalue weighted by molar-refractivity contribution is 0.101. The Hall–Kier alpha value is -1.68. The summed E-state index contributed by atoms with van der Waals surface area (Å²) in [6.45, 7) is 1.36. The molecule has 0 fully saturated rings. The molecule has 2 aromatic rings. The number of benzene rings is 1. The number of ketones is 1. The number of rotatable bonds is 3. The predicted molar refractivity (Wildman–Crippen MR) is 64.8 cm³/mol. The summed E-state index contributed by atoms with van der Waals surface area (Å²) in [6, 6.07) is 10.1. The third-order valence-electron chi connectivity index (χ3n) is 2.18. The van der Waals surface area contributed by atoms with Gasteiger partial charge >= 0.3 is 0 Å². The second-order valence-electron chi connectivity index (χ2n) is 3.44. The van der Waals surface area contributed by atoms with E-state index >= 15 is 0 Å². The number of carbonyl (C=O) groups is 1. The van der Waals surface area contributed by atoms with E-state index in [9.17, 15) is 9.18 Å². The van der Waals surface area contributed by atoms with E-state index in [1.54, 1.807) is 18.3 Å². The van der Waals surface area contributed by atoms with Crippen LogP contribution in [0.25, 0.3) is 0 Å². The molecule has 0 N–H and O–H groups in total. The Kier molecular flexibility index (Phi) is 3.54. The first-order valence-corrected chi connectivity index (χ1v) is 5.88. The van der Waals surface area contributed by atoms with Gasteiger partial charge in [-0.15, -0.1) is 0 Å². The molecule has 17 heavy (non-hydrogen) atoms. The molecule has 1 aromatic carbocycles. The van der Waals surface area contributed by atoms with E-state index in [0.717, 1.165) is 5.03 Å². The van der Waals surface area contributed by atoms with Crippen molar-refractivity contribution in [2.24, 2.45) is 0 Å². The van der Waals surface area contributed by atoms with E-state index in [1.165, 1.54) is 24.8 Å². The Bertz CT molecular complexity index is 542. The van der Waals surface area contributed by atoms with Gasteiger partial charge in [-0.05, 0) is 31.2 Å². The Morgan fingerprint density at radius 2 is 2.06 bits per heavy atom. The zero-order valence-corrected chi connectivity index (χ0v) is 10.00. The first kappa shape index (κ1) is 11.8. The molecule has 0 spiro atoms. The van der Waals surface area contributed by atoms with E-state index in [2.05, 4.69) is 4.98 Å². The van der Waals surface area contributed by atoms with Crippen molar-refractivity contribution in [1.29, 1.82) is 0 Å². The second-order valence-corrected chi connectivity index (χ2v) is 4.50. The Morgan fingerprint density at radius 3 is 2.71 bits per heavy atom. The summed E-state index contributed by atoms with van der Waals surface area (Å²) in [7, 11) is 0. The number of aromatic nitrogens is 1. The van der Waals surface area contributed by atoms with Gasteiger partial charge < -0.3 is 0 Å². The van der Waals surface area contributed by atoms with Gasteiger partial charge in [0.2, 0.25) is 0 Å². The third-order valence-corrected chi connectivity index (χ3v) is 3.19. The molecule has 0 radical (unpaired) electrons. The summed E-state index contributed by atoms with van der Waals surface area (Å²) in [5, 5.41) is 0.737. The maximum absolute atomic E-state index is 13.5. The lowest BCUT2D eigenvalue weighted by Gasteiger charge is -2.06. The minimum Gasteiger partial charge on any atom is -0.294 e. The number of carbonyl (C=O) groups excluding carboxylic acids is 1. The van der Waals surface area contributed by atoms with Crippen molar-refractivity contribution in [2.75, 3.05) is 0 Å². The molecule has 1 aromatic heterocycles. The molecule has 0 atom stereocenters.